The molecule has 0 bridgehead atoms. The zero-order chi connectivity index (χ0) is 17.8. The van der Waals surface area contributed by atoms with Crippen molar-refractivity contribution in [3.8, 4) is 11.1 Å². The molecule has 2 N–H and O–H groups in total. The summed E-state index contributed by atoms with van der Waals surface area (Å²) in [7, 11) is 0. The molecule has 1 amide bonds. The van der Waals surface area contributed by atoms with Crippen molar-refractivity contribution < 1.29 is 9.21 Å². The molecule has 1 aromatic carbocycles. The number of H-pyrrole nitrogens is 1. The largest absolute Gasteiger partial charge is 0.464 e. The maximum absolute atomic E-state index is 12.1. The quantitative estimate of drug-likeness (QED) is 0.542. The summed E-state index contributed by atoms with van der Waals surface area (Å²) in [5, 5.41) is 10.7. The number of aromatic nitrogens is 3. The van der Waals surface area contributed by atoms with Gasteiger partial charge < -0.3 is 9.73 Å². The molecule has 0 atom stereocenters. The van der Waals surface area contributed by atoms with E-state index in [1.54, 1.807) is 37.1 Å². The van der Waals surface area contributed by atoms with Crippen molar-refractivity contribution in [1.82, 2.24) is 20.5 Å². The van der Waals surface area contributed by atoms with E-state index in [0.717, 1.165) is 33.2 Å². The molecule has 0 saturated heterocycles. The van der Waals surface area contributed by atoms with Crippen LogP contribution in [-0.4, -0.2) is 21.1 Å². The van der Waals surface area contributed by atoms with E-state index in [4.69, 9.17) is 4.42 Å². The molecule has 4 rings (SSSR count). The molecular formula is C20H16N4O2. The molecule has 0 radical (unpaired) electrons. The highest BCUT2D eigenvalue weighted by Crippen LogP contribution is 2.22. The number of benzene rings is 1. The highest BCUT2D eigenvalue weighted by Gasteiger charge is 2.05. The van der Waals surface area contributed by atoms with E-state index in [1.807, 2.05) is 30.3 Å². The Bertz CT molecular complexity index is 1060. The fourth-order valence-electron chi connectivity index (χ4n) is 2.74. The summed E-state index contributed by atoms with van der Waals surface area (Å²) in [4.78, 5) is 16.3. The number of rotatable bonds is 5. The zero-order valence-electron chi connectivity index (χ0n) is 13.8. The number of carbonyl (C=O) groups is 1. The Morgan fingerprint density at radius 2 is 2.19 bits per heavy atom. The van der Waals surface area contributed by atoms with Gasteiger partial charge >= 0.3 is 0 Å². The van der Waals surface area contributed by atoms with Crippen LogP contribution in [0.5, 0.6) is 0 Å². The second-order valence-electron chi connectivity index (χ2n) is 5.79. The van der Waals surface area contributed by atoms with Crippen molar-refractivity contribution in [2.75, 3.05) is 0 Å². The van der Waals surface area contributed by atoms with Crippen LogP contribution in [0, 0.1) is 0 Å². The highest BCUT2D eigenvalue weighted by atomic mass is 16.3. The first-order valence-electron chi connectivity index (χ1n) is 8.15. The number of amides is 1. The standard InChI is InChI=1S/C20H16N4O2/c25-20(22-10-14-1-3-19-15(9-14)6-8-26-19)4-2-16-11-21-7-5-18(16)17-12-23-24-13-17/h1-9,11-13H,10H2,(H,22,25)(H,23,24)/b4-2+. The van der Waals surface area contributed by atoms with Gasteiger partial charge in [0.15, 0.2) is 0 Å². The van der Waals surface area contributed by atoms with E-state index in [9.17, 15) is 4.79 Å². The van der Waals surface area contributed by atoms with Crippen LogP contribution in [-0.2, 0) is 11.3 Å². The predicted molar refractivity (Wildman–Crippen MR) is 98.9 cm³/mol. The molecule has 0 spiro atoms. The smallest absolute Gasteiger partial charge is 0.244 e. The van der Waals surface area contributed by atoms with Gasteiger partial charge in [0.1, 0.15) is 5.58 Å². The zero-order valence-corrected chi connectivity index (χ0v) is 13.8. The lowest BCUT2D eigenvalue weighted by molar-refractivity contribution is -0.116. The van der Waals surface area contributed by atoms with E-state index in [-0.39, 0.29) is 5.91 Å². The molecule has 6 heteroatoms. The number of hydrogen-bond acceptors (Lipinski definition) is 4. The second kappa shape index (κ2) is 7.06. The lowest BCUT2D eigenvalue weighted by Gasteiger charge is -2.04. The lowest BCUT2D eigenvalue weighted by Crippen LogP contribution is -2.20. The summed E-state index contributed by atoms with van der Waals surface area (Å²) in [5.41, 5.74) is 4.61. The van der Waals surface area contributed by atoms with Crippen LogP contribution >= 0.6 is 0 Å². The average molecular weight is 344 g/mol. The summed E-state index contributed by atoms with van der Waals surface area (Å²) < 4.78 is 5.32. The third-order valence-corrected chi connectivity index (χ3v) is 4.06. The van der Waals surface area contributed by atoms with Crippen molar-refractivity contribution >= 4 is 23.0 Å². The number of hydrogen-bond donors (Lipinski definition) is 2. The molecule has 4 aromatic rings. The van der Waals surface area contributed by atoms with Gasteiger partial charge in [0.05, 0.1) is 12.5 Å². The minimum Gasteiger partial charge on any atom is -0.464 e. The Labute approximate surface area is 149 Å². The first kappa shape index (κ1) is 15.8. The average Bonchev–Trinajstić information content (AvgIpc) is 3.36. The Morgan fingerprint density at radius 1 is 1.23 bits per heavy atom. The molecular weight excluding hydrogens is 328 g/mol. The first-order chi connectivity index (χ1) is 12.8. The summed E-state index contributed by atoms with van der Waals surface area (Å²) in [6.45, 7) is 0.450. The van der Waals surface area contributed by atoms with Gasteiger partial charge in [0, 0.05) is 47.7 Å². The molecule has 0 saturated carbocycles. The van der Waals surface area contributed by atoms with E-state index in [2.05, 4.69) is 20.5 Å². The van der Waals surface area contributed by atoms with Crippen molar-refractivity contribution in [2.24, 2.45) is 0 Å². The van der Waals surface area contributed by atoms with Gasteiger partial charge in [-0.25, -0.2) is 0 Å². The van der Waals surface area contributed by atoms with Crippen molar-refractivity contribution in [3.05, 3.63) is 78.6 Å². The van der Waals surface area contributed by atoms with E-state index >= 15 is 0 Å². The number of pyridine rings is 1. The maximum atomic E-state index is 12.1. The van der Waals surface area contributed by atoms with Gasteiger partial charge in [-0.2, -0.15) is 5.10 Å². The van der Waals surface area contributed by atoms with Gasteiger partial charge in [-0.15, -0.1) is 0 Å². The van der Waals surface area contributed by atoms with Crippen LogP contribution in [0.25, 0.3) is 28.2 Å². The number of nitrogens with zero attached hydrogens (tertiary/aromatic N) is 2. The number of furan rings is 1. The number of carbonyl (C=O) groups excluding carboxylic acids is 1. The Morgan fingerprint density at radius 3 is 3.08 bits per heavy atom. The van der Waals surface area contributed by atoms with Crippen LogP contribution in [0.1, 0.15) is 11.1 Å². The minimum absolute atomic E-state index is 0.167. The maximum Gasteiger partial charge on any atom is 0.244 e. The van der Waals surface area contributed by atoms with Crippen molar-refractivity contribution in [3.63, 3.8) is 0 Å². The molecule has 26 heavy (non-hydrogen) atoms. The third kappa shape index (κ3) is 3.39. The molecule has 3 aromatic heterocycles. The minimum atomic E-state index is -0.167. The highest BCUT2D eigenvalue weighted by molar-refractivity contribution is 5.93. The van der Waals surface area contributed by atoms with Crippen LogP contribution < -0.4 is 5.32 Å². The Balaban J connectivity index is 1.43. The van der Waals surface area contributed by atoms with Gasteiger partial charge in [-0.1, -0.05) is 6.07 Å². The number of nitrogens with one attached hydrogen (secondary N) is 2. The van der Waals surface area contributed by atoms with E-state index in [0.29, 0.717) is 6.54 Å². The molecule has 0 aliphatic carbocycles. The molecule has 0 aliphatic rings. The summed E-state index contributed by atoms with van der Waals surface area (Å²) in [6.07, 6.45) is 11.9. The van der Waals surface area contributed by atoms with Crippen molar-refractivity contribution in [2.45, 2.75) is 6.54 Å². The second-order valence-corrected chi connectivity index (χ2v) is 5.79. The van der Waals surface area contributed by atoms with Crippen LogP contribution in [0.15, 0.2) is 71.9 Å². The Hall–Kier alpha value is -3.67. The number of aromatic amines is 1. The number of fused-ring (bicyclic) bond motifs is 1. The lowest BCUT2D eigenvalue weighted by atomic mass is 10.0. The van der Waals surface area contributed by atoms with Gasteiger partial charge in [0.25, 0.3) is 0 Å². The molecule has 0 aliphatic heterocycles. The Kier molecular flexibility index (Phi) is 4.30. The molecule has 128 valence electrons. The molecule has 0 fully saturated rings. The normalized spacial score (nSPS) is 11.2. The van der Waals surface area contributed by atoms with Crippen LogP contribution in [0.3, 0.4) is 0 Å². The monoisotopic (exact) mass is 344 g/mol. The summed E-state index contributed by atoms with van der Waals surface area (Å²) in [5.74, 6) is -0.167. The van der Waals surface area contributed by atoms with Gasteiger partial charge in [0.2, 0.25) is 5.91 Å². The molecule has 3 heterocycles. The fourth-order valence-corrected chi connectivity index (χ4v) is 2.74. The first-order valence-corrected chi connectivity index (χ1v) is 8.15. The van der Waals surface area contributed by atoms with Crippen LogP contribution in [0.4, 0.5) is 0 Å². The predicted octanol–water partition coefficient (Wildman–Crippen LogP) is 3.55. The van der Waals surface area contributed by atoms with Gasteiger partial charge in [-0.3, -0.25) is 14.9 Å². The van der Waals surface area contributed by atoms with E-state index < -0.39 is 0 Å². The van der Waals surface area contributed by atoms with E-state index in [1.165, 1.54) is 6.08 Å². The topological polar surface area (TPSA) is 83.8 Å². The SMILES string of the molecule is O=C(/C=C/c1cnccc1-c1cn[nH]c1)NCc1ccc2occc2c1. The van der Waals surface area contributed by atoms with Crippen molar-refractivity contribution in [1.29, 1.82) is 0 Å². The van der Waals surface area contributed by atoms with Crippen LogP contribution in [0.2, 0.25) is 0 Å². The summed E-state index contributed by atoms with van der Waals surface area (Å²) >= 11 is 0. The third-order valence-electron chi connectivity index (χ3n) is 4.06. The fraction of sp³-hybridized carbons (Fsp3) is 0.0500. The van der Waals surface area contributed by atoms with Gasteiger partial charge in [-0.05, 0) is 41.5 Å². The molecule has 6 nitrogen and oxygen atoms in total. The molecule has 0 unspecified atom stereocenters. The summed E-state index contributed by atoms with van der Waals surface area (Å²) in [6, 6.07) is 9.64.